The van der Waals surface area contributed by atoms with Gasteiger partial charge in [0.25, 0.3) is 0 Å². The van der Waals surface area contributed by atoms with Gasteiger partial charge in [-0.05, 0) is 192 Å². The molecule has 0 N–H and O–H groups in total. The Hall–Kier alpha value is -9.24. The molecule has 11 aromatic carbocycles. The Morgan fingerprint density at radius 2 is 0.778 bits per heavy atom. The first-order valence-corrected chi connectivity index (χ1v) is 24.9. The summed E-state index contributed by atoms with van der Waals surface area (Å²) < 4.78 is 0. The first-order valence-electron chi connectivity index (χ1n) is 24.9. The van der Waals surface area contributed by atoms with Gasteiger partial charge in [-0.2, -0.15) is 0 Å². The van der Waals surface area contributed by atoms with Gasteiger partial charge in [0.15, 0.2) is 0 Å². The quantitative estimate of drug-likeness (QED) is 0.126. The summed E-state index contributed by atoms with van der Waals surface area (Å²) in [6, 6.07) is 92.0. The van der Waals surface area contributed by atoms with Crippen molar-refractivity contribution >= 4 is 61.2 Å². The Balaban J connectivity index is 0.987. The van der Waals surface area contributed by atoms with Crippen LogP contribution in [0, 0.1) is 0 Å². The number of rotatable bonds is 10. The second kappa shape index (κ2) is 17.6. The molecule has 0 aliphatic heterocycles. The van der Waals surface area contributed by atoms with E-state index in [1.54, 1.807) is 0 Å². The molecule has 0 heterocycles. The highest BCUT2D eigenvalue weighted by Gasteiger charge is 2.51. The van der Waals surface area contributed by atoms with Gasteiger partial charge < -0.3 is 9.80 Å². The average Bonchev–Trinajstić information content (AvgIpc) is 3.89. The van der Waals surface area contributed by atoms with Crippen LogP contribution in [0.3, 0.4) is 0 Å². The molecule has 1 spiro atoms. The molecule has 2 nitrogen and oxygen atoms in total. The first-order chi connectivity index (χ1) is 35.6. The van der Waals surface area contributed by atoms with Gasteiger partial charge in [0, 0.05) is 34.1 Å². The number of nitrogens with zero attached hydrogens (tertiary/aromatic N) is 2. The monoisotopic (exact) mass is 918 g/mol. The number of hydrogen-bond donors (Lipinski definition) is 0. The highest BCUT2D eigenvalue weighted by molar-refractivity contribution is 6.05. The summed E-state index contributed by atoms with van der Waals surface area (Å²) >= 11 is 0. The summed E-state index contributed by atoms with van der Waals surface area (Å²) in [7, 11) is 0. The van der Waals surface area contributed by atoms with Crippen LogP contribution in [0.15, 0.2) is 280 Å². The molecule has 0 aromatic heterocycles. The fourth-order valence-electron chi connectivity index (χ4n) is 11.7. The lowest BCUT2D eigenvalue weighted by Gasteiger charge is -2.31. The van der Waals surface area contributed by atoms with E-state index in [4.69, 9.17) is 0 Å². The molecule has 340 valence electrons. The lowest BCUT2D eigenvalue weighted by atomic mass is 9.70. The largest absolute Gasteiger partial charge is 0.310 e. The summed E-state index contributed by atoms with van der Waals surface area (Å²) in [5.74, 6) is 0. The van der Waals surface area contributed by atoms with Crippen molar-refractivity contribution in [2.24, 2.45) is 0 Å². The fraction of sp³-hybridized carbons (Fsp3) is 0.0286. The first kappa shape index (κ1) is 42.8. The van der Waals surface area contributed by atoms with Crippen molar-refractivity contribution in [3.63, 3.8) is 0 Å². The second-order valence-corrected chi connectivity index (χ2v) is 18.9. The van der Waals surface area contributed by atoms with Crippen LogP contribution in [-0.4, -0.2) is 0 Å². The Morgan fingerprint density at radius 3 is 1.26 bits per heavy atom. The molecule has 0 atom stereocenters. The fourth-order valence-corrected chi connectivity index (χ4v) is 11.7. The Morgan fingerprint density at radius 1 is 0.361 bits per heavy atom. The maximum atomic E-state index is 3.97. The van der Waals surface area contributed by atoms with E-state index in [1.165, 1.54) is 77.2 Å². The van der Waals surface area contributed by atoms with Gasteiger partial charge in [0.1, 0.15) is 0 Å². The number of fused-ring (bicyclic) bond motifs is 12. The standard InChI is InChI=1S/C70H50N2/c1-3-18-48(19-4-2)50-30-36-58(37-31-50)71(56-22-10-6-11-23-56)60-40-34-52-44-64-65-45-53-35-41-61(72(57-24-12-7-13-25-57)59-38-32-51(33-39-59)49-20-8-5-9-21-49)43-55(53)47-69(65)70(68(64)46-54(52)42-60)66-28-16-14-26-62(66)63-27-15-17-29-67(63)70/h3-47H,1H2,2H3/b19-4-,48-18+. The van der Waals surface area contributed by atoms with E-state index in [0.29, 0.717) is 0 Å². The molecular formula is C70H50N2. The zero-order valence-electron chi connectivity index (χ0n) is 40.1. The zero-order valence-corrected chi connectivity index (χ0v) is 40.1. The van der Waals surface area contributed by atoms with Gasteiger partial charge in [-0.3, -0.25) is 0 Å². The van der Waals surface area contributed by atoms with E-state index in [1.807, 2.05) is 13.0 Å². The zero-order chi connectivity index (χ0) is 48.2. The highest BCUT2D eigenvalue weighted by Crippen LogP contribution is 2.64. The number of para-hydroxylation sites is 2. The van der Waals surface area contributed by atoms with Crippen LogP contribution in [-0.2, 0) is 5.41 Å². The van der Waals surface area contributed by atoms with Gasteiger partial charge in [-0.15, -0.1) is 0 Å². The number of benzene rings is 11. The molecule has 0 unspecified atom stereocenters. The highest BCUT2D eigenvalue weighted by atomic mass is 15.1. The number of allylic oxidation sites excluding steroid dienone is 5. The molecule has 2 aliphatic rings. The van der Waals surface area contributed by atoms with Crippen LogP contribution in [0.4, 0.5) is 34.1 Å². The topological polar surface area (TPSA) is 6.48 Å². The summed E-state index contributed by atoms with van der Waals surface area (Å²) in [5.41, 5.74) is 21.2. The van der Waals surface area contributed by atoms with E-state index in [-0.39, 0.29) is 0 Å². The van der Waals surface area contributed by atoms with Gasteiger partial charge in [-0.25, -0.2) is 0 Å². The van der Waals surface area contributed by atoms with Crippen molar-refractivity contribution in [1.29, 1.82) is 0 Å². The maximum absolute atomic E-state index is 3.97. The lowest BCUT2D eigenvalue weighted by Crippen LogP contribution is -2.25. The molecule has 0 saturated carbocycles. The third-order valence-corrected chi connectivity index (χ3v) is 14.9. The van der Waals surface area contributed by atoms with E-state index in [9.17, 15) is 0 Å². The Kier molecular flexibility index (Phi) is 10.5. The van der Waals surface area contributed by atoms with Crippen LogP contribution < -0.4 is 9.80 Å². The molecule has 13 rings (SSSR count). The van der Waals surface area contributed by atoms with Crippen molar-refractivity contribution in [2.45, 2.75) is 12.3 Å². The minimum Gasteiger partial charge on any atom is -0.310 e. The lowest BCUT2D eigenvalue weighted by molar-refractivity contribution is 0.796. The van der Waals surface area contributed by atoms with E-state index < -0.39 is 5.41 Å². The molecule has 2 aliphatic carbocycles. The van der Waals surface area contributed by atoms with Gasteiger partial charge in [0.05, 0.1) is 5.41 Å². The summed E-state index contributed by atoms with van der Waals surface area (Å²) in [4.78, 5) is 4.75. The van der Waals surface area contributed by atoms with Crippen LogP contribution in [0.5, 0.6) is 0 Å². The third kappa shape index (κ3) is 6.94. The second-order valence-electron chi connectivity index (χ2n) is 18.9. The van der Waals surface area contributed by atoms with Crippen LogP contribution in [0.25, 0.3) is 60.5 Å². The van der Waals surface area contributed by atoms with Crippen molar-refractivity contribution in [2.75, 3.05) is 9.80 Å². The van der Waals surface area contributed by atoms with Crippen molar-refractivity contribution in [3.8, 4) is 33.4 Å². The predicted molar refractivity (Wildman–Crippen MR) is 306 cm³/mol. The molecule has 11 aromatic rings. The Labute approximate surface area is 422 Å². The average molecular weight is 919 g/mol. The molecule has 2 heteroatoms. The summed E-state index contributed by atoms with van der Waals surface area (Å²) in [6.45, 7) is 6.02. The maximum Gasteiger partial charge on any atom is 0.0725 e. The summed E-state index contributed by atoms with van der Waals surface area (Å²) in [6.07, 6.45) is 8.11. The van der Waals surface area contributed by atoms with Crippen LogP contribution in [0.1, 0.15) is 34.7 Å². The van der Waals surface area contributed by atoms with Crippen molar-refractivity contribution < 1.29 is 0 Å². The predicted octanol–water partition coefficient (Wildman–Crippen LogP) is 19.1. The smallest absolute Gasteiger partial charge is 0.0725 e. The molecule has 0 saturated heterocycles. The minimum absolute atomic E-state index is 0.531. The van der Waals surface area contributed by atoms with Crippen molar-refractivity contribution in [1.82, 2.24) is 0 Å². The molecule has 0 amide bonds. The molecule has 72 heavy (non-hydrogen) atoms. The molecule has 0 bridgehead atoms. The molecular weight excluding hydrogens is 869 g/mol. The van der Waals surface area contributed by atoms with Crippen molar-refractivity contribution in [3.05, 3.63) is 307 Å². The SMILES string of the molecule is C=C/C=C(\C=C/C)c1ccc(N(c2ccccc2)c2ccc3cc4c(cc3c2)C2(c3ccccc3-c3ccccc32)c2cc3cc(N(c5ccccc5)c5ccc(-c6ccccc6)cc5)ccc3cc2-4)cc1. The number of hydrogen-bond acceptors (Lipinski definition) is 2. The van der Waals surface area contributed by atoms with E-state index in [0.717, 1.165) is 45.3 Å². The van der Waals surface area contributed by atoms with Gasteiger partial charge >= 0.3 is 0 Å². The van der Waals surface area contributed by atoms with Gasteiger partial charge in [-0.1, -0.05) is 183 Å². The van der Waals surface area contributed by atoms with Crippen LogP contribution in [0.2, 0.25) is 0 Å². The molecule has 0 fully saturated rings. The minimum atomic E-state index is -0.531. The third-order valence-electron chi connectivity index (χ3n) is 14.9. The van der Waals surface area contributed by atoms with E-state index >= 15 is 0 Å². The van der Waals surface area contributed by atoms with E-state index in [2.05, 4.69) is 283 Å². The normalized spacial score (nSPS) is 13.0. The van der Waals surface area contributed by atoms with Gasteiger partial charge in [0.2, 0.25) is 0 Å². The summed E-state index contributed by atoms with van der Waals surface area (Å²) in [5, 5.41) is 4.83. The Bertz CT molecular complexity index is 3880. The molecule has 0 radical (unpaired) electrons. The van der Waals surface area contributed by atoms with Crippen LogP contribution >= 0.6 is 0 Å². The number of anilines is 6.